The van der Waals surface area contributed by atoms with E-state index in [0.29, 0.717) is 6.04 Å². The topological polar surface area (TPSA) is 15.3 Å². The summed E-state index contributed by atoms with van der Waals surface area (Å²) in [4.78, 5) is 2.54. The maximum atomic E-state index is 3.48. The van der Waals surface area contributed by atoms with Gasteiger partial charge in [0, 0.05) is 32.2 Å². The molecule has 0 unspecified atom stereocenters. The van der Waals surface area contributed by atoms with Gasteiger partial charge in [-0.2, -0.15) is 0 Å². The Morgan fingerprint density at radius 3 is 2.94 bits per heavy atom. The zero-order valence-corrected chi connectivity index (χ0v) is 10.6. The molecule has 2 nitrogen and oxygen atoms in total. The van der Waals surface area contributed by atoms with Crippen molar-refractivity contribution in [1.29, 1.82) is 0 Å². The first-order chi connectivity index (χ1) is 7.65. The molecule has 1 saturated heterocycles. The molecule has 0 spiro atoms. The van der Waals surface area contributed by atoms with Crippen LogP contribution in [0.5, 0.6) is 0 Å². The summed E-state index contributed by atoms with van der Waals surface area (Å²) in [5.41, 5.74) is 4.26. The molecule has 2 heteroatoms. The fourth-order valence-corrected chi connectivity index (χ4v) is 2.37. The summed E-state index contributed by atoms with van der Waals surface area (Å²) in [6.07, 6.45) is 0. The molecule has 0 aliphatic carbocycles. The van der Waals surface area contributed by atoms with Crippen molar-refractivity contribution < 1.29 is 0 Å². The summed E-state index contributed by atoms with van der Waals surface area (Å²) >= 11 is 0. The predicted octanol–water partition coefficient (Wildman–Crippen LogP) is 2.10. The average molecular weight is 218 g/mol. The molecule has 0 amide bonds. The third-order valence-corrected chi connectivity index (χ3v) is 3.35. The van der Waals surface area contributed by atoms with E-state index in [-0.39, 0.29) is 0 Å². The highest BCUT2D eigenvalue weighted by Crippen LogP contribution is 2.14. The van der Waals surface area contributed by atoms with E-state index in [2.05, 4.69) is 49.2 Å². The number of nitrogens with one attached hydrogen (secondary N) is 1. The fourth-order valence-electron chi connectivity index (χ4n) is 2.37. The molecule has 0 radical (unpaired) electrons. The van der Waals surface area contributed by atoms with E-state index in [4.69, 9.17) is 0 Å². The van der Waals surface area contributed by atoms with E-state index in [1.165, 1.54) is 16.7 Å². The van der Waals surface area contributed by atoms with Crippen molar-refractivity contribution in [3.05, 3.63) is 34.9 Å². The molecule has 1 aromatic rings. The van der Waals surface area contributed by atoms with Crippen molar-refractivity contribution in [2.45, 2.75) is 33.4 Å². The second-order valence-corrected chi connectivity index (χ2v) is 5.02. The molecule has 0 aromatic heterocycles. The Labute approximate surface area is 98.7 Å². The van der Waals surface area contributed by atoms with Gasteiger partial charge in [-0.25, -0.2) is 0 Å². The molecule has 1 aliphatic rings. The maximum absolute atomic E-state index is 3.48. The second-order valence-electron chi connectivity index (χ2n) is 5.02. The van der Waals surface area contributed by atoms with E-state index >= 15 is 0 Å². The Bertz CT molecular complexity index is 360. The van der Waals surface area contributed by atoms with E-state index in [1.54, 1.807) is 0 Å². The molecule has 0 saturated carbocycles. The zero-order valence-electron chi connectivity index (χ0n) is 10.6. The number of rotatable bonds is 2. The molecule has 0 bridgehead atoms. The minimum atomic E-state index is 0.624. The summed E-state index contributed by atoms with van der Waals surface area (Å²) in [5, 5.41) is 3.48. The van der Waals surface area contributed by atoms with Crippen molar-refractivity contribution in [3.8, 4) is 0 Å². The first kappa shape index (κ1) is 11.6. The first-order valence-electron chi connectivity index (χ1n) is 6.17. The highest BCUT2D eigenvalue weighted by molar-refractivity contribution is 5.30. The fraction of sp³-hybridized carbons (Fsp3) is 0.571. The molecule has 16 heavy (non-hydrogen) atoms. The van der Waals surface area contributed by atoms with Crippen molar-refractivity contribution in [3.63, 3.8) is 0 Å². The SMILES string of the molecule is Cc1ccc(C)c(CN2CCN[C@H](C)C2)c1. The Kier molecular flexibility index (Phi) is 3.62. The summed E-state index contributed by atoms with van der Waals surface area (Å²) in [6, 6.07) is 7.37. The summed E-state index contributed by atoms with van der Waals surface area (Å²) < 4.78 is 0. The average Bonchev–Trinajstić information content (AvgIpc) is 2.24. The molecule has 1 fully saturated rings. The summed E-state index contributed by atoms with van der Waals surface area (Å²) in [6.45, 7) is 11.2. The molecule has 2 rings (SSSR count). The van der Waals surface area contributed by atoms with Crippen LogP contribution in [0.3, 0.4) is 0 Å². The lowest BCUT2D eigenvalue weighted by molar-refractivity contribution is 0.199. The Morgan fingerprint density at radius 2 is 2.19 bits per heavy atom. The second kappa shape index (κ2) is 4.98. The molecule has 1 aromatic carbocycles. The quantitative estimate of drug-likeness (QED) is 0.818. The molecular formula is C14H22N2. The minimum Gasteiger partial charge on any atom is -0.312 e. The third-order valence-electron chi connectivity index (χ3n) is 3.35. The van der Waals surface area contributed by atoms with Gasteiger partial charge in [0.2, 0.25) is 0 Å². The van der Waals surface area contributed by atoms with Gasteiger partial charge in [-0.3, -0.25) is 4.90 Å². The van der Waals surface area contributed by atoms with E-state index < -0.39 is 0 Å². The zero-order chi connectivity index (χ0) is 11.5. The van der Waals surface area contributed by atoms with Crippen LogP contribution in [0, 0.1) is 13.8 Å². The predicted molar refractivity (Wildman–Crippen MR) is 68.7 cm³/mol. The van der Waals surface area contributed by atoms with Gasteiger partial charge in [0.15, 0.2) is 0 Å². The van der Waals surface area contributed by atoms with Gasteiger partial charge in [0.1, 0.15) is 0 Å². The molecule has 1 heterocycles. The summed E-state index contributed by atoms with van der Waals surface area (Å²) in [7, 11) is 0. The van der Waals surface area contributed by atoms with Gasteiger partial charge < -0.3 is 5.32 Å². The maximum Gasteiger partial charge on any atom is 0.0237 e. The van der Waals surface area contributed by atoms with Crippen molar-refractivity contribution in [2.75, 3.05) is 19.6 Å². The van der Waals surface area contributed by atoms with Crippen LogP contribution >= 0.6 is 0 Å². The van der Waals surface area contributed by atoms with Gasteiger partial charge in [0.25, 0.3) is 0 Å². The van der Waals surface area contributed by atoms with Crippen LogP contribution in [-0.2, 0) is 6.54 Å². The lowest BCUT2D eigenvalue weighted by Gasteiger charge is -2.32. The van der Waals surface area contributed by atoms with Crippen LogP contribution in [0.2, 0.25) is 0 Å². The van der Waals surface area contributed by atoms with Crippen LogP contribution in [0.15, 0.2) is 18.2 Å². The number of hydrogen-bond donors (Lipinski definition) is 1. The van der Waals surface area contributed by atoms with E-state index in [1.807, 2.05) is 0 Å². The lowest BCUT2D eigenvalue weighted by Crippen LogP contribution is -2.48. The largest absolute Gasteiger partial charge is 0.312 e. The molecule has 1 aliphatic heterocycles. The van der Waals surface area contributed by atoms with Crippen LogP contribution in [0.1, 0.15) is 23.6 Å². The lowest BCUT2D eigenvalue weighted by atomic mass is 10.0. The number of piperazine rings is 1. The molecule has 88 valence electrons. The molecular weight excluding hydrogens is 196 g/mol. The van der Waals surface area contributed by atoms with E-state index in [9.17, 15) is 0 Å². The number of nitrogens with zero attached hydrogens (tertiary/aromatic N) is 1. The normalized spacial score (nSPS) is 22.3. The van der Waals surface area contributed by atoms with Crippen LogP contribution in [-0.4, -0.2) is 30.6 Å². The Hall–Kier alpha value is -0.860. The smallest absolute Gasteiger partial charge is 0.0237 e. The van der Waals surface area contributed by atoms with Crippen molar-refractivity contribution >= 4 is 0 Å². The van der Waals surface area contributed by atoms with Gasteiger partial charge in [0.05, 0.1) is 0 Å². The van der Waals surface area contributed by atoms with Crippen molar-refractivity contribution in [1.82, 2.24) is 10.2 Å². The molecule has 1 N–H and O–H groups in total. The number of benzene rings is 1. The standard InChI is InChI=1S/C14H22N2/c1-11-4-5-12(2)14(8-11)10-16-7-6-15-13(3)9-16/h4-5,8,13,15H,6-7,9-10H2,1-3H3/t13-/m1/s1. The monoisotopic (exact) mass is 218 g/mol. The van der Waals surface area contributed by atoms with Gasteiger partial charge in [-0.05, 0) is 31.9 Å². The van der Waals surface area contributed by atoms with Crippen LogP contribution in [0.25, 0.3) is 0 Å². The highest BCUT2D eigenvalue weighted by atomic mass is 15.2. The number of hydrogen-bond acceptors (Lipinski definition) is 2. The van der Waals surface area contributed by atoms with Crippen molar-refractivity contribution in [2.24, 2.45) is 0 Å². The summed E-state index contributed by atoms with van der Waals surface area (Å²) in [5.74, 6) is 0. The van der Waals surface area contributed by atoms with E-state index in [0.717, 1.165) is 26.2 Å². The van der Waals surface area contributed by atoms with Gasteiger partial charge in [-0.15, -0.1) is 0 Å². The molecule has 1 atom stereocenters. The first-order valence-corrected chi connectivity index (χ1v) is 6.17. The van der Waals surface area contributed by atoms with Gasteiger partial charge in [-0.1, -0.05) is 23.8 Å². The Morgan fingerprint density at radius 1 is 1.38 bits per heavy atom. The minimum absolute atomic E-state index is 0.624. The number of aryl methyl sites for hydroxylation is 2. The van der Waals surface area contributed by atoms with Crippen LogP contribution < -0.4 is 5.32 Å². The Balaban J connectivity index is 2.05. The van der Waals surface area contributed by atoms with Gasteiger partial charge >= 0.3 is 0 Å². The highest BCUT2D eigenvalue weighted by Gasteiger charge is 2.15. The third kappa shape index (κ3) is 2.83. The van der Waals surface area contributed by atoms with Crippen LogP contribution in [0.4, 0.5) is 0 Å².